The van der Waals surface area contributed by atoms with Crippen molar-refractivity contribution in [3.8, 4) is 40.2 Å². The average molecular weight is 762 g/mol. The van der Waals surface area contributed by atoms with E-state index < -0.39 is 47.1 Å². The summed E-state index contributed by atoms with van der Waals surface area (Å²) < 4.78 is 35.9. The summed E-state index contributed by atoms with van der Waals surface area (Å²) in [6.07, 6.45) is -0.0282. The second-order valence-electron chi connectivity index (χ2n) is 14.9. The maximum absolute atomic E-state index is 14.7. The lowest BCUT2D eigenvalue weighted by Crippen LogP contribution is -2.70. The minimum Gasteiger partial charge on any atom is -0.504 e. The van der Waals surface area contributed by atoms with Crippen LogP contribution in [-0.4, -0.2) is 102 Å². The van der Waals surface area contributed by atoms with Gasteiger partial charge in [-0.15, -0.1) is 11.8 Å². The molecule has 2 saturated heterocycles. The fraction of sp³-hybridized carbons (Fsp3) is 0.487. The number of benzene rings is 3. The number of likely N-dealkylation sites (N-methyl/N-ethyl adjacent to an activating group) is 1. The van der Waals surface area contributed by atoms with Crippen LogP contribution in [0.2, 0.25) is 0 Å². The average Bonchev–Trinajstić information content (AvgIpc) is 3.63. The number of carbonyl (C=O) groups excluding carboxylic acids is 2. The molecule has 0 radical (unpaired) electrons. The minimum atomic E-state index is -1.36. The van der Waals surface area contributed by atoms with E-state index in [1.807, 2.05) is 31.9 Å². The van der Waals surface area contributed by atoms with E-state index in [-0.39, 0.29) is 42.4 Å². The van der Waals surface area contributed by atoms with E-state index in [2.05, 4.69) is 10.2 Å². The maximum Gasteiger partial charge on any atom is 0.331 e. The second kappa shape index (κ2) is 12.6. The number of fused-ring (bicyclic) bond motifs is 9. The van der Waals surface area contributed by atoms with Crippen molar-refractivity contribution in [2.45, 2.75) is 74.8 Å². The van der Waals surface area contributed by atoms with Gasteiger partial charge in [0.2, 0.25) is 6.79 Å². The molecule has 2 fully saturated rings. The topological polar surface area (TPSA) is 169 Å². The molecule has 0 aliphatic carbocycles. The van der Waals surface area contributed by atoms with Crippen LogP contribution in [0.1, 0.15) is 68.8 Å². The van der Waals surface area contributed by atoms with Gasteiger partial charge in [-0.05, 0) is 68.1 Å². The first kappa shape index (κ1) is 35.3. The summed E-state index contributed by atoms with van der Waals surface area (Å²) in [5.74, 6) is 0.949. The zero-order valence-electron chi connectivity index (χ0n) is 30.8. The van der Waals surface area contributed by atoms with E-state index in [1.54, 1.807) is 12.1 Å². The van der Waals surface area contributed by atoms with Gasteiger partial charge < -0.3 is 43.7 Å². The molecule has 286 valence electrons. The highest BCUT2D eigenvalue weighted by atomic mass is 32.2. The molecule has 15 heteroatoms. The molecule has 10 rings (SSSR count). The van der Waals surface area contributed by atoms with Crippen LogP contribution in [0.4, 0.5) is 0 Å². The van der Waals surface area contributed by atoms with Crippen molar-refractivity contribution < 1.29 is 53.3 Å². The number of rotatable bonds is 3. The molecule has 4 N–H and O–H groups in total. The van der Waals surface area contributed by atoms with Crippen LogP contribution in [0.15, 0.2) is 18.2 Å². The molecule has 0 amide bonds. The molecule has 0 aromatic heterocycles. The normalized spacial score (nSPS) is 29.4. The number of phenols is 2. The molecule has 7 aliphatic heterocycles. The fourth-order valence-electron chi connectivity index (χ4n) is 10.00. The van der Waals surface area contributed by atoms with Gasteiger partial charge in [-0.25, -0.2) is 4.79 Å². The number of esters is 2. The summed E-state index contributed by atoms with van der Waals surface area (Å²) in [6, 6.07) is 3.13. The number of nitrogens with one attached hydrogen (secondary N) is 1. The number of ether oxygens (including phenoxy) is 6. The van der Waals surface area contributed by atoms with Gasteiger partial charge >= 0.3 is 11.9 Å². The van der Waals surface area contributed by atoms with Crippen LogP contribution >= 0.6 is 11.8 Å². The van der Waals surface area contributed by atoms with Crippen LogP contribution in [0.25, 0.3) is 0 Å². The summed E-state index contributed by atoms with van der Waals surface area (Å²) in [5.41, 5.74) is 4.36. The Bertz CT molecular complexity index is 2130. The number of carbonyl (C=O) groups is 2. The first-order chi connectivity index (χ1) is 25.9. The predicted octanol–water partition coefficient (Wildman–Crippen LogP) is 3.41. The number of nitrogens with zero attached hydrogens (tertiary/aromatic N) is 2. The lowest BCUT2D eigenvalue weighted by atomic mass is 9.73. The number of aryl methyl sites for hydroxylation is 1. The number of phenolic OH excluding ortho intramolecular Hbond substituents is 2. The third kappa shape index (κ3) is 4.74. The Kier molecular flexibility index (Phi) is 8.21. The van der Waals surface area contributed by atoms with Gasteiger partial charge in [0.1, 0.15) is 18.6 Å². The smallest absolute Gasteiger partial charge is 0.331 e. The van der Waals surface area contributed by atoms with Crippen molar-refractivity contribution >= 4 is 23.7 Å². The Balaban J connectivity index is 1.32. The summed E-state index contributed by atoms with van der Waals surface area (Å²) in [7, 11) is 4.96. The number of aliphatic hydroxyl groups is 1. The van der Waals surface area contributed by atoms with E-state index in [0.29, 0.717) is 70.2 Å². The van der Waals surface area contributed by atoms with Crippen molar-refractivity contribution in [1.29, 1.82) is 0 Å². The van der Waals surface area contributed by atoms with Crippen LogP contribution in [0.5, 0.6) is 40.2 Å². The summed E-state index contributed by atoms with van der Waals surface area (Å²) >= 11 is 1.47. The van der Waals surface area contributed by atoms with E-state index in [0.717, 1.165) is 16.7 Å². The Morgan fingerprint density at radius 3 is 2.54 bits per heavy atom. The zero-order valence-corrected chi connectivity index (χ0v) is 31.7. The van der Waals surface area contributed by atoms with Crippen molar-refractivity contribution in [1.82, 2.24) is 15.1 Å². The molecule has 14 nitrogen and oxygen atoms in total. The molecule has 4 bridgehead atoms. The number of aromatic hydroxyl groups is 2. The summed E-state index contributed by atoms with van der Waals surface area (Å²) in [6.45, 7) is 5.26. The Morgan fingerprint density at radius 1 is 1.02 bits per heavy atom. The molecule has 7 aliphatic rings. The molecule has 54 heavy (non-hydrogen) atoms. The minimum absolute atomic E-state index is 0.0226. The van der Waals surface area contributed by atoms with Gasteiger partial charge in [0.05, 0.1) is 37.6 Å². The molecule has 0 saturated carbocycles. The standard InChI is InChI=1S/C39H43N3O11S/c1-16-9-20-10-22-37(46)42-23-13-50-38(47)39(21-12-25(48-5)24(44)11-19(21)7-8-40-39)14-54-36(30(42)29(41(22)4)26(20)31(45)32(16)49-6)28-27(23)35-34(51-15-52-35)17(2)33(28)53-18(3)43/h9,11-12,22-23,29-30,36-37,40,44-46H,7-8,10,13-15H2,1-6H3/t22-,23?,29+,30+,36+,37-,39+/m0/s1. The van der Waals surface area contributed by atoms with E-state index in [1.165, 1.54) is 32.9 Å². The molecular formula is C39H43N3O11S. The van der Waals surface area contributed by atoms with Crippen molar-refractivity contribution in [3.05, 3.63) is 62.7 Å². The number of methoxy groups -OCH3 is 2. The van der Waals surface area contributed by atoms with Gasteiger partial charge in [-0.1, -0.05) is 6.07 Å². The fourth-order valence-corrected chi connectivity index (χ4v) is 11.7. The second-order valence-corrected chi connectivity index (χ2v) is 16.1. The predicted molar refractivity (Wildman–Crippen MR) is 195 cm³/mol. The Hall–Kier alpha value is -4.41. The largest absolute Gasteiger partial charge is 0.504 e. The highest BCUT2D eigenvalue weighted by molar-refractivity contribution is 7.99. The van der Waals surface area contributed by atoms with Crippen LogP contribution < -0.4 is 29.0 Å². The molecule has 7 heterocycles. The van der Waals surface area contributed by atoms with E-state index >= 15 is 0 Å². The Labute approximate surface area is 316 Å². The monoisotopic (exact) mass is 761 g/mol. The molecule has 1 unspecified atom stereocenters. The zero-order chi connectivity index (χ0) is 38.0. The molecular weight excluding hydrogens is 719 g/mol. The van der Waals surface area contributed by atoms with E-state index in [4.69, 9.17) is 28.4 Å². The van der Waals surface area contributed by atoms with Gasteiger partial charge in [-0.3, -0.25) is 19.9 Å². The molecule has 1 spiro atoms. The molecule has 7 atom stereocenters. The van der Waals surface area contributed by atoms with Gasteiger partial charge in [0, 0.05) is 47.5 Å². The highest BCUT2D eigenvalue weighted by Crippen LogP contribution is 2.64. The van der Waals surface area contributed by atoms with Gasteiger partial charge in [-0.2, -0.15) is 0 Å². The van der Waals surface area contributed by atoms with Crippen molar-refractivity contribution in [2.75, 3.05) is 47.0 Å². The lowest BCUT2D eigenvalue weighted by Gasteiger charge is -2.62. The highest BCUT2D eigenvalue weighted by Gasteiger charge is 2.61. The first-order valence-corrected chi connectivity index (χ1v) is 19.1. The maximum atomic E-state index is 14.7. The quantitative estimate of drug-likeness (QED) is 0.226. The SMILES string of the molecule is COc1cc2c(cc1O)CCN[C@]21CS[C@@H]2c3c(OC(C)=O)c(C)c4c(c3C(COC1=O)N1[C@@H]2[C@H]2c3c(cc(C)c(OC)c3O)C[C@@H]([C@@H]1O)N2C)OCO4. The number of piperazine rings is 1. The van der Waals surface area contributed by atoms with Gasteiger partial charge in [0.15, 0.2) is 40.0 Å². The number of hydrogen-bond acceptors (Lipinski definition) is 15. The number of aliphatic hydroxyl groups excluding tert-OH is 1. The van der Waals surface area contributed by atoms with Crippen LogP contribution in [0.3, 0.4) is 0 Å². The lowest BCUT2D eigenvalue weighted by molar-refractivity contribution is -0.186. The summed E-state index contributed by atoms with van der Waals surface area (Å²) in [4.78, 5) is 31.7. The summed E-state index contributed by atoms with van der Waals surface area (Å²) in [5, 5.41) is 38.2. The first-order valence-electron chi connectivity index (χ1n) is 18.1. The third-order valence-electron chi connectivity index (χ3n) is 12.3. The van der Waals surface area contributed by atoms with Crippen LogP contribution in [0, 0.1) is 13.8 Å². The van der Waals surface area contributed by atoms with Crippen molar-refractivity contribution in [3.63, 3.8) is 0 Å². The molecule has 3 aromatic rings. The van der Waals surface area contributed by atoms with Crippen LogP contribution in [-0.2, 0) is 32.7 Å². The molecule has 3 aromatic carbocycles. The van der Waals surface area contributed by atoms with Gasteiger partial charge in [0.25, 0.3) is 0 Å². The van der Waals surface area contributed by atoms with Crippen molar-refractivity contribution in [2.24, 2.45) is 0 Å². The Morgan fingerprint density at radius 2 is 1.80 bits per heavy atom. The number of thioether (sulfide) groups is 1. The number of hydrogen-bond donors (Lipinski definition) is 4. The van der Waals surface area contributed by atoms with E-state index in [9.17, 15) is 24.9 Å². The third-order valence-corrected chi connectivity index (χ3v) is 13.7.